The van der Waals surface area contributed by atoms with Gasteiger partial charge in [0.15, 0.2) is 0 Å². The summed E-state index contributed by atoms with van der Waals surface area (Å²) in [6.07, 6.45) is 4.58. The highest BCUT2D eigenvalue weighted by molar-refractivity contribution is 5.06. The number of aromatic amines is 1. The molecule has 0 spiro atoms. The molecule has 0 amide bonds. The highest BCUT2D eigenvalue weighted by atomic mass is 16.3. The highest BCUT2D eigenvalue weighted by Crippen LogP contribution is 2.03. The summed E-state index contributed by atoms with van der Waals surface area (Å²) in [5.41, 5.74) is 7.53. The van der Waals surface area contributed by atoms with Crippen LogP contribution < -0.4 is 11.1 Å². The Bertz CT molecular complexity index is 345. The van der Waals surface area contributed by atoms with Gasteiger partial charge in [-0.3, -0.25) is 0 Å². The number of aliphatic hydroxyl groups is 1. The van der Waals surface area contributed by atoms with E-state index >= 15 is 0 Å². The van der Waals surface area contributed by atoms with Crippen LogP contribution in [0.25, 0.3) is 0 Å². The summed E-state index contributed by atoms with van der Waals surface area (Å²) in [6, 6.07) is -0.306. The lowest BCUT2D eigenvalue weighted by atomic mass is 10.1. The number of aliphatic hydroxyl groups excluding tert-OH is 1. The summed E-state index contributed by atoms with van der Waals surface area (Å²) >= 11 is 0. The third-order valence-electron chi connectivity index (χ3n) is 2.20. The van der Waals surface area contributed by atoms with Crippen molar-refractivity contribution in [2.75, 3.05) is 6.54 Å². The molecule has 5 N–H and O–H groups in total. The van der Waals surface area contributed by atoms with Gasteiger partial charge in [-0.2, -0.15) is 0 Å². The molecule has 1 aromatic rings. The number of nitrogens with two attached hydrogens (primary N) is 1. The van der Waals surface area contributed by atoms with Crippen LogP contribution in [0.3, 0.4) is 0 Å². The van der Waals surface area contributed by atoms with Crippen LogP contribution >= 0.6 is 0 Å². The molecule has 1 aromatic heterocycles. The molecule has 1 unspecified atom stereocenters. The normalized spacial score (nSPS) is 12.1. The van der Waals surface area contributed by atoms with Gasteiger partial charge in [0.1, 0.15) is 0 Å². The molecular formula is C11H18N4O. The molecule has 88 valence electrons. The molecule has 0 bridgehead atoms. The molecule has 16 heavy (non-hydrogen) atoms. The van der Waals surface area contributed by atoms with Gasteiger partial charge in [-0.25, -0.2) is 4.98 Å². The summed E-state index contributed by atoms with van der Waals surface area (Å²) in [5, 5.41) is 12.1. The van der Waals surface area contributed by atoms with Crippen LogP contribution in [0.4, 0.5) is 0 Å². The number of hydrogen-bond donors (Lipinski definition) is 4. The van der Waals surface area contributed by atoms with Crippen LogP contribution in [0, 0.1) is 0 Å². The Morgan fingerprint density at radius 3 is 2.94 bits per heavy atom. The minimum atomic E-state index is -0.306. The Balaban J connectivity index is 2.22. The van der Waals surface area contributed by atoms with Crippen LogP contribution in [0.15, 0.2) is 37.1 Å². The largest absolute Gasteiger partial charge is 0.513 e. The molecule has 0 aliphatic heterocycles. The van der Waals surface area contributed by atoms with Crippen LogP contribution in [0.1, 0.15) is 12.1 Å². The Hall–Kier alpha value is -1.75. The maximum Gasteiger partial charge on any atom is 0.0921 e. The van der Waals surface area contributed by atoms with Gasteiger partial charge in [0.05, 0.1) is 18.1 Å². The van der Waals surface area contributed by atoms with Crippen molar-refractivity contribution in [3.63, 3.8) is 0 Å². The van der Waals surface area contributed by atoms with E-state index in [2.05, 4.69) is 28.4 Å². The first-order chi connectivity index (χ1) is 7.59. The first kappa shape index (κ1) is 12.3. The van der Waals surface area contributed by atoms with E-state index in [1.807, 2.05) is 0 Å². The van der Waals surface area contributed by atoms with E-state index in [1.165, 1.54) is 0 Å². The molecule has 0 fully saturated rings. The van der Waals surface area contributed by atoms with Gasteiger partial charge >= 0.3 is 0 Å². The van der Waals surface area contributed by atoms with Crippen molar-refractivity contribution in [1.29, 1.82) is 0 Å². The van der Waals surface area contributed by atoms with E-state index in [4.69, 9.17) is 10.8 Å². The zero-order chi connectivity index (χ0) is 12.0. The molecule has 0 radical (unpaired) electrons. The van der Waals surface area contributed by atoms with Crippen molar-refractivity contribution in [3.8, 4) is 0 Å². The van der Waals surface area contributed by atoms with E-state index in [1.54, 1.807) is 12.5 Å². The fraction of sp³-hybridized carbons (Fsp3) is 0.364. The Morgan fingerprint density at radius 2 is 2.38 bits per heavy atom. The van der Waals surface area contributed by atoms with E-state index in [-0.39, 0.29) is 11.8 Å². The fourth-order valence-electron chi connectivity index (χ4n) is 1.29. The Morgan fingerprint density at radius 1 is 1.62 bits per heavy atom. The van der Waals surface area contributed by atoms with Crippen LogP contribution in [-0.2, 0) is 6.42 Å². The fourth-order valence-corrected chi connectivity index (χ4v) is 1.29. The lowest BCUT2D eigenvalue weighted by Gasteiger charge is -2.15. The SMILES string of the molecule is C=C(O)CC(N)C(=C)NCCc1cnc[nH]1. The van der Waals surface area contributed by atoms with Crippen molar-refractivity contribution in [3.05, 3.63) is 42.8 Å². The third-order valence-corrected chi connectivity index (χ3v) is 2.20. The van der Waals surface area contributed by atoms with Crippen LogP contribution in [0.2, 0.25) is 0 Å². The average molecular weight is 222 g/mol. The molecule has 1 atom stereocenters. The molecule has 0 aliphatic rings. The molecule has 0 aliphatic carbocycles. The number of imidazole rings is 1. The number of nitrogens with zero attached hydrogens (tertiary/aromatic N) is 1. The second-order valence-electron chi connectivity index (χ2n) is 3.66. The highest BCUT2D eigenvalue weighted by Gasteiger charge is 2.07. The first-order valence-electron chi connectivity index (χ1n) is 5.12. The number of H-pyrrole nitrogens is 1. The van der Waals surface area contributed by atoms with Gasteiger partial charge in [-0.05, 0) is 0 Å². The zero-order valence-electron chi connectivity index (χ0n) is 9.24. The molecule has 1 rings (SSSR count). The Kier molecular flexibility index (Phi) is 4.60. The van der Waals surface area contributed by atoms with Crippen molar-refractivity contribution >= 4 is 0 Å². The van der Waals surface area contributed by atoms with Gasteiger partial charge < -0.3 is 21.1 Å². The molecule has 0 saturated carbocycles. The lowest BCUT2D eigenvalue weighted by Crippen LogP contribution is -2.32. The minimum absolute atomic E-state index is 0.0732. The van der Waals surface area contributed by atoms with Gasteiger partial charge in [0, 0.05) is 37.0 Å². The monoisotopic (exact) mass is 222 g/mol. The summed E-state index contributed by atoms with van der Waals surface area (Å²) in [5.74, 6) is 0.0732. The minimum Gasteiger partial charge on any atom is -0.513 e. The zero-order valence-corrected chi connectivity index (χ0v) is 9.24. The Labute approximate surface area is 95.1 Å². The summed E-state index contributed by atoms with van der Waals surface area (Å²) < 4.78 is 0. The van der Waals surface area contributed by atoms with Gasteiger partial charge in [0.25, 0.3) is 0 Å². The first-order valence-corrected chi connectivity index (χ1v) is 5.12. The predicted molar refractivity (Wildman–Crippen MR) is 63.8 cm³/mol. The lowest BCUT2D eigenvalue weighted by molar-refractivity contribution is 0.380. The average Bonchev–Trinajstić information content (AvgIpc) is 2.69. The standard InChI is InChI=1S/C11H18N4O/c1-8(16)5-11(12)9(2)14-4-3-10-6-13-7-15-10/h6-7,11,14,16H,1-5,12H2,(H,13,15). The predicted octanol–water partition coefficient (Wildman–Crippen LogP) is 0.845. The van der Waals surface area contributed by atoms with Crippen molar-refractivity contribution in [2.45, 2.75) is 18.9 Å². The maximum atomic E-state index is 8.99. The smallest absolute Gasteiger partial charge is 0.0921 e. The second-order valence-corrected chi connectivity index (χ2v) is 3.66. The summed E-state index contributed by atoms with van der Waals surface area (Å²) in [6.45, 7) is 7.93. The number of rotatable bonds is 7. The van der Waals surface area contributed by atoms with Crippen molar-refractivity contribution in [2.24, 2.45) is 5.73 Å². The van der Waals surface area contributed by atoms with Gasteiger partial charge in [-0.1, -0.05) is 13.2 Å². The molecule has 1 heterocycles. The van der Waals surface area contributed by atoms with E-state index < -0.39 is 0 Å². The van der Waals surface area contributed by atoms with Crippen LogP contribution in [-0.4, -0.2) is 27.7 Å². The number of nitrogens with one attached hydrogen (secondary N) is 2. The van der Waals surface area contributed by atoms with E-state index in [0.717, 1.165) is 18.7 Å². The maximum absolute atomic E-state index is 8.99. The van der Waals surface area contributed by atoms with Gasteiger partial charge in [0.2, 0.25) is 0 Å². The number of hydrogen-bond acceptors (Lipinski definition) is 4. The topological polar surface area (TPSA) is 87.0 Å². The summed E-state index contributed by atoms with van der Waals surface area (Å²) in [7, 11) is 0. The molecule has 5 nitrogen and oxygen atoms in total. The van der Waals surface area contributed by atoms with Crippen molar-refractivity contribution in [1.82, 2.24) is 15.3 Å². The molecular weight excluding hydrogens is 204 g/mol. The van der Waals surface area contributed by atoms with Crippen molar-refractivity contribution < 1.29 is 5.11 Å². The van der Waals surface area contributed by atoms with Crippen LogP contribution in [0.5, 0.6) is 0 Å². The van der Waals surface area contributed by atoms with Gasteiger partial charge in [-0.15, -0.1) is 0 Å². The van der Waals surface area contributed by atoms with E-state index in [0.29, 0.717) is 12.1 Å². The third kappa shape index (κ3) is 4.18. The summed E-state index contributed by atoms with van der Waals surface area (Å²) in [4.78, 5) is 6.93. The molecule has 5 heteroatoms. The molecule has 0 aromatic carbocycles. The second kappa shape index (κ2) is 5.97. The number of aromatic nitrogens is 2. The quantitative estimate of drug-likeness (QED) is 0.515. The van der Waals surface area contributed by atoms with E-state index in [9.17, 15) is 0 Å². The molecule has 0 saturated heterocycles.